The lowest BCUT2D eigenvalue weighted by Gasteiger charge is -2.30. The third kappa shape index (κ3) is 2.63. The highest BCUT2D eigenvalue weighted by Gasteiger charge is 2.28. The van der Waals surface area contributed by atoms with Crippen LogP contribution in [0.3, 0.4) is 0 Å². The minimum absolute atomic E-state index is 0.0762. The van der Waals surface area contributed by atoms with E-state index >= 15 is 0 Å². The molecule has 7 heteroatoms. The van der Waals surface area contributed by atoms with E-state index in [1.165, 1.54) is 0 Å². The third-order valence-corrected chi connectivity index (χ3v) is 3.90. The molecule has 1 unspecified atom stereocenters. The minimum atomic E-state index is -0.0762. The summed E-state index contributed by atoms with van der Waals surface area (Å²) >= 11 is 3.21. The normalized spacial score (nSPS) is 19.3. The van der Waals surface area contributed by atoms with Crippen molar-refractivity contribution in [1.29, 1.82) is 0 Å². The molecule has 0 saturated carbocycles. The van der Waals surface area contributed by atoms with Gasteiger partial charge in [-0.05, 0) is 47.8 Å². The number of nitrogens with one attached hydrogen (secondary N) is 1. The zero-order chi connectivity index (χ0) is 14.1. The molecule has 0 radical (unpaired) electrons. The Bertz CT molecular complexity index is 621. The Morgan fingerprint density at radius 3 is 3.05 bits per heavy atom. The maximum atomic E-state index is 12.4. The molecule has 0 spiro atoms. The van der Waals surface area contributed by atoms with Gasteiger partial charge in [-0.3, -0.25) is 9.89 Å². The van der Waals surface area contributed by atoms with Crippen LogP contribution in [0.5, 0.6) is 0 Å². The number of aryl methyl sites for hydroxylation is 1. The summed E-state index contributed by atoms with van der Waals surface area (Å²) in [4.78, 5) is 18.5. The highest BCUT2D eigenvalue weighted by atomic mass is 79.9. The summed E-state index contributed by atoms with van der Waals surface area (Å²) in [6.07, 6.45) is 1.95. The Hall–Kier alpha value is -1.63. The van der Waals surface area contributed by atoms with Crippen molar-refractivity contribution < 1.29 is 9.21 Å². The van der Waals surface area contributed by atoms with Crippen molar-refractivity contribution in [2.45, 2.75) is 25.7 Å². The van der Waals surface area contributed by atoms with Crippen LogP contribution in [0.25, 0.3) is 0 Å². The molecule has 1 aliphatic heterocycles. The molecule has 0 bridgehead atoms. The Labute approximate surface area is 124 Å². The van der Waals surface area contributed by atoms with Crippen LogP contribution in [0.15, 0.2) is 21.2 Å². The largest absolute Gasteiger partial charge is 0.444 e. The molecule has 3 rings (SSSR count). The van der Waals surface area contributed by atoms with Crippen molar-refractivity contribution >= 4 is 21.8 Å². The summed E-state index contributed by atoms with van der Waals surface area (Å²) in [6, 6.07) is 3.42. The van der Waals surface area contributed by atoms with E-state index in [0.717, 1.165) is 31.0 Å². The average Bonchev–Trinajstić information content (AvgIpc) is 3.07. The number of halogens is 1. The van der Waals surface area contributed by atoms with Crippen LogP contribution in [0.2, 0.25) is 0 Å². The van der Waals surface area contributed by atoms with Crippen LogP contribution in [0.4, 0.5) is 0 Å². The van der Waals surface area contributed by atoms with Gasteiger partial charge < -0.3 is 9.32 Å². The maximum absolute atomic E-state index is 12.4. The molecule has 0 aliphatic carbocycles. The molecular formula is C13H15BrN4O2. The Kier molecular flexibility index (Phi) is 3.60. The lowest BCUT2D eigenvalue weighted by molar-refractivity contribution is 0.0671. The predicted molar refractivity (Wildman–Crippen MR) is 75.4 cm³/mol. The summed E-state index contributed by atoms with van der Waals surface area (Å²) in [5.74, 6) is 2.08. The molecule has 1 atom stereocenters. The van der Waals surface area contributed by atoms with Gasteiger partial charge in [-0.1, -0.05) is 0 Å². The molecule has 2 aromatic rings. The van der Waals surface area contributed by atoms with Gasteiger partial charge in [-0.15, -0.1) is 0 Å². The maximum Gasteiger partial charge on any atom is 0.289 e. The number of aromatic amines is 1. The summed E-state index contributed by atoms with van der Waals surface area (Å²) in [6.45, 7) is 3.26. The number of carbonyl (C=O) groups excluding carboxylic acids is 1. The Morgan fingerprint density at radius 1 is 1.55 bits per heavy atom. The molecular weight excluding hydrogens is 324 g/mol. The summed E-state index contributed by atoms with van der Waals surface area (Å²) in [7, 11) is 0. The number of amides is 1. The van der Waals surface area contributed by atoms with Crippen LogP contribution in [0, 0.1) is 6.92 Å². The van der Waals surface area contributed by atoms with E-state index in [1.807, 2.05) is 11.8 Å². The fourth-order valence-corrected chi connectivity index (χ4v) is 2.81. The van der Waals surface area contributed by atoms with Crippen molar-refractivity contribution in [3.8, 4) is 0 Å². The summed E-state index contributed by atoms with van der Waals surface area (Å²) < 4.78 is 5.90. The Morgan fingerprint density at radius 2 is 2.40 bits per heavy atom. The van der Waals surface area contributed by atoms with Gasteiger partial charge >= 0.3 is 0 Å². The molecule has 1 saturated heterocycles. The van der Waals surface area contributed by atoms with Crippen LogP contribution in [-0.4, -0.2) is 39.1 Å². The molecule has 1 fully saturated rings. The zero-order valence-corrected chi connectivity index (χ0v) is 12.7. The molecule has 1 N–H and O–H groups in total. The van der Waals surface area contributed by atoms with E-state index in [1.54, 1.807) is 12.1 Å². The van der Waals surface area contributed by atoms with E-state index in [4.69, 9.17) is 4.42 Å². The number of likely N-dealkylation sites (tertiary alicyclic amines) is 1. The van der Waals surface area contributed by atoms with Gasteiger partial charge in [0.05, 0.1) is 0 Å². The van der Waals surface area contributed by atoms with Gasteiger partial charge in [-0.2, -0.15) is 5.10 Å². The highest BCUT2D eigenvalue weighted by Crippen LogP contribution is 2.26. The van der Waals surface area contributed by atoms with Crippen LogP contribution < -0.4 is 0 Å². The van der Waals surface area contributed by atoms with Crippen LogP contribution >= 0.6 is 15.9 Å². The second-order valence-corrected chi connectivity index (χ2v) is 5.75. The van der Waals surface area contributed by atoms with E-state index in [-0.39, 0.29) is 11.8 Å². The summed E-state index contributed by atoms with van der Waals surface area (Å²) in [5.41, 5.74) is 0. The fourth-order valence-electron chi connectivity index (χ4n) is 2.50. The third-order valence-electron chi connectivity index (χ3n) is 3.47. The van der Waals surface area contributed by atoms with Gasteiger partial charge in [0.25, 0.3) is 5.91 Å². The fraction of sp³-hybridized carbons (Fsp3) is 0.462. The first-order valence-electron chi connectivity index (χ1n) is 6.57. The molecule has 6 nitrogen and oxygen atoms in total. The monoisotopic (exact) mass is 338 g/mol. The smallest absolute Gasteiger partial charge is 0.289 e. The summed E-state index contributed by atoms with van der Waals surface area (Å²) in [5, 5.41) is 7.06. The second-order valence-electron chi connectivity index (χ2n) is 4.97. The number of hydrogen-bond acceptors (Lipinski definition) is 4. The molecule has 1 aliphatic rings. The second kappa shape index (κ2) is 5.40. The highest BCUT2D eigenvalue weighted by molar-refractivity contribution is 9.10. The van der Waals surface area contributed by atoms with E-state index in [2.05, 4.69) is 31.1 Å². The topological polar surface area (TPSA) is 75.0 Å². The molecule has 106 valence electrons. The minimum Gasteiger partial charge on any atom is -0.444 e. The number of rotatable bonds is 2. The predicted octanol–water partition coefficient (Wildman–Crippen LogP) is 2.49. The first-order valence-corrected chi connectivity index (χ1v) is 7.36. The first-order chi connectivity index (χ1) is 9.63. The first kappa shape index (κ1) is 13.4. The quantitative estimate of drug-likeness (QED) is 0.912. The molecule has 1 amide bonds. The number of aromatic nitrogens is 3. The SMILES string of the molecule is Cc1nc(C2CCCN(C(=O)c3ccc(Br)o3)C2)n[nH]1. The number of piperidine rings is 1. The van der Waals surface area contributed by atoms with Crippen LogP contribution in [-0.2, 0) is 0 Å². The number of H-pyrrole nitrogens is 1. The number of carbonyl (C=O) groups is 1. The standard InChI is InChI=1S/C13H15BrN4O2/c1-8-15-12(17-16-8)9-3-2-6-18(7-9)13(19)10-4-5-11(14)20-10/h4-5,9H,2-3,6-7H2,1H3,(H,15,16,17). The Balaban J connectivity index is 1.73. The number of furan rings is 1. The van der Waals surface area contributed by atoms with Crippen molar-refractivity contribution in [2.24, 2.45) is 0 Å². The lowest BCUT2D eigenvalue weighted by atomic mass is 9.97. The number of hydrogen-bond donors (Lipinski definition) is 1. The van der Waals surface area contributed by atoms with Gasteiger partial charge in [0, 0.05) is 19.0 Å². The van der Waals surface area contributed by atoms with Gasteiger partial charge in [-0.25, -0.2) is 4.98 Å². The van der Waals surface area contributed by atoms with Crippen LogP contribution in [0.1, 0.15) is 41.0 Å². The molecule has 2 aromatic heterocycles. The average molecular weight is 339 g/mol. The van der Waals surface area contributed by atoms with Crippen molar-refractivity contribution in [3.63, 3.8) is 0 Å². The number of nitrogens with zero attached hydrogens (tertiary/aromatic N) is 3. The lowest BCUT2D eigenvalue weighted by Crippen LogP contribution is -2.39. The molecule has 3 heterocycles. The van der Waals surface area contributed by atoms with Gasteiger partial charge in [0.1, 0.15) is 5.82 Å². The van der Waals surface area contributed by atoms with E-state index in [0.29, 0.717) is 17.0 Å². The molecule has 0 aromatic carbocycles. The van der Waals surface area contributed by atoms with Crippen molar-refractivity contribution in [3.05, 3.63) is 34.2 Å². The van der Waals surface area contributed by atoms with E-state index < -0.39 is 0 Å². The zero-order valence-electron chi connectivity index (χ0n) is 11.1. The van der Waals surface area contributed by atoms with Gasteiger partial charge in [0.2, 0.25) is 0 Å². The van der Waals surface area contributed by atoms with Gasteiger partial charge in [0.15, 0.2) is 16.3 Å². The van der Waals surface area contributed by atoms with Crippen molar-refractivity contribution in [2.75, 3.05) is 13.1 Å². The van der Waals surface area contributed by atoms with Crippen molar-refractivity contribution in [1.82, 2.24) is 20.1 Å². The van der Waals surface area contributed by atoms with E-state index in [9.17, 15) is 4.79 Å². The molecule has 20 heavy (non-hydrogen) atoms.